The molecular formula is C15H15F3N4O2S. The van der Waals surface area contributed by atoms with E-state index in [1.54, 1.807) is 24.1 Å². The van der Waals surface area contributed by atoms with Crippen molar-refractivity contribution >= 4 is 16.7 Å². The summed E-state index contributed by atoms with van der Waals surface area (Å²) in [6.45, 7) is 0.244. The number of rotatable bonds is 2. The van der Waals surface area contributed by atoms with Gasteiger partial charge in [-0.1, -0.05) is 0 Å². The van der Waals surface area contributed by atoms with E-state index in [2.05, 4.69) is 10.1 Å². The third kappa shape index (κ3) is 3.73. The number of nitrogens with zero attached hydrogens (tertiary/aromatic N) is 4. The maximum Gasteiger partial charge on any atom is 0.417 e. The third-order valence-corrected chi connectivity index (χ3v) is 5.29. The number of amides is 1. The van der Waals surface area contributed by atoms with Gasteiger partial charge in [0.15, 0.2) is 0 Å². The molecule has 10 heteroatoms. The van der Waals surface area contributed by atoms with Crippen molar-refractivity contribution in [1.82, 2.24) is 19.7 Å². The fraction of sp³-hybridized carbons (Fsp3) is 0.400. The first kappa shape index (κ1) is 17.6. The van der Waals surface area contributed by atoms with Gasteiger partial charge in [0.2, 0.25) is 0 Å². The first-order valence-corrected chi connectivity index (χ1v) is 8.92. The van der Waals surface area contributed by atoms with Crippen molar-refractivity contribution in [2.24, 2.45) is 7.05 Å². The normalized spacial score (nSPS) is 21.4. The van der Waals surface area contributed by atoms with Crippen LogP contribution in [0.3, 0.4) is 0 Å². The van der Waals surface area contributed by atoms with E-state index in [9.17, 15) is 22.2 Å². The number of alkyl halides is 3. The Kier molecular flexibility index (Phi) is 4.63. The van der Waals surface area contributed by atoms with E-state index >= 15 is 0 Å². The lowest BCUT2D eigenvalue weighted by molar-refractivity contribution is -0.137. The summed E-state index contributed by atoms with van der Waals surface area (Å²) in [6, 6.07) is 1.46. The summed E-state index contributed by atoms with van der Waals surface area (Å²) in [7, 11) is 0.658. The Balaban J connectivity index is 1.87. The summed E-state index contributed by atoms with van der Waals surface area (Å²) >= 11 is 0. The molecule has 3 heterocycles. The van der Waals surface area contributed by atoms with Crippen molar-refractivity contribution in [3.05, 3.63) is 47.5 Å². The minimum Gasteiger partial charge on any atom is -0.328 e. The Morgan fingerprint density at radius 2 is 2.08 bits per heavy atom. The minimum absolute atomic E-state index is 0.0745. The number of aromatic nitrogens is 3. The van der Waals surface area contributed by atoms with E-state index in [0.717, 1.165) is 17.7 Å². The molecule has 0 radical (unpaired) electrons. The van der Waals surface area contributed by atoms with Gasteiger partial charge in [0.25, 0.3) is 5.91 Å². The fourth-order valence-corrected chi connectivity index (χ4v) is 3.96. The summed E-state index contributed by atoms with van der Waals surface area (Å²) in [4.78, 5) is 17.9. The minimum atomic E-state index is -4.51. The van der Waals surface area contributed by atoms with Gasteiger partial charge in [-0.05, 0) is 12.1 Å². The smallest absolute Gasteiger partial charge is 0.328 e. The molecule has 25 heavy (non-hydrogen) atoms. The number of halogens is 3. The van der Waals surface area contributed by atoms with E-state index in [0.29, 0.717) is 11.9 Å². The Bertz CT molecular complexity index is 804. The third-order valence-electron chi connectivity index (χ3n) is 3.96. The standard InChI is InChI=1S/C15H15F3N4O2S/c1-21-8-10(6-20-21)13-9-25(24)5-4-22(13)14(23)12-3-2-11(7-19-12)15(16,17)18/h2-3,6-8,13H,4-5,9H2,1H3. The maximum atomic E-state index is 12.7. The second kappa shape index (κ2) is 6.58. The molecule has 0 spiro atoms. The second-order valence-electron chi connectivity index (χ2n) is 5.70. The Morgan fingerprint density at radius 3 is 2.64 bits per heavy atom. The molecule has 2 aromatic heterocycles. The zero-order valence-electron chi connectivity index (χ0n) is 13.2. The van der Waals surface area contributed by atoms with Gasteiger partial charge in [0.05, 0.1) is 17.8 Å². The van der Waals surface area contributed by atoms with Gasteiger partial charge >= 0.3 is 6.18 Å². The predicted octanol–water partition coefficient (Wildman–Crippen LogP) is 1.78. The van der Waals surface area contributed by atoms with Crippen molar-refractivity contribution in [3.8, 4) is 0 Å². The average Bonchev–Trinajstić information content (AvgIpc) is 3.00. The molecule has 2 unspecified atom stereocenters. The summed E-state index contributed by atoms with van der Waals surface area (Å²) in [5, 5.41) is 4.06. The highest BCUT2D eigenvalue weighted by molar-refractivity contribution is 7.85. The zero-order valence-corrected chi connectivity index (χ0v) is 14.0. The quantitative estimate of drug-likeness (QED) is 0.806. The number of carbonyl (C=O) groups is 1. The molecule has 6 nitrogen and oxygen atoms in total. The highest BCUT2D eigenvalue weighted by Gasteiger charge is 2.34. The Labute approximate surface area is 144 Å². The molecule has 0 bridgehead atoms. The zero-order chi connectivity index (χ0) is 18.2. The van der Waals surface area contributed by atoms with Crippen molar-refractivity contribution in [1.29, 1.82) is 0 Å². The predicted molar refractivity (Wildman–Crippen MR) is 84.1 cm³/mol. The molecule has 1 aliphatic rings. The number of hydrogen-bond donors (Lipinski definition) is 0. The van der Waals surface area contributed by atoms with Crippen LogP contribution >= 0.6 is 0 Å². The molecular weight excluding hydrogens is 357 g/mol. The average molecular weight is 372 g/mol. The fourth-order valence-electron chi connectivity index (χ4n) is 2.67. The number of aryl methyl sites for hydroxylation is 1. The molecule has 0 N–H and O–H groups in total. The molecule has 0 aliphatic carbocycles. The van der Waals surface area contributed by atoms with Crippen molar-refractivity contribution in [2.45, 2.75) is 12.2 Å². The molecule has 1 fully saturated rings. The molecule has 2 atom stereocenters. The molecule has 1 aliphatic heterocycles. The van der Waals surface area contributed by atoms with Crippen LogP contribution < -0.4 is 0 Å². The van der Waals surface area contributed by atoms with Crippen molar-refractivity contribution < 1.29 is 22.2 Å². The van der Waals surface area contributed by atoms with E-state index in [1.165, 1.54) is 4.90 Å². The van der Waals surface area contributed by atoms with E-state index in [1.807, 2.05) is 0 Å². The summed E-state index contributed by atoms with van der Waals surface area (Å²) in [5.41, 5.74) is -0.252. The molecule has 1 saturated heterocycles. The van der Waals surface area contributed by atoms with Crippen molar-refractivity contribution in [2.75, 3.05) is 18.1 Å². The van der Waals surface area contributed by atoms with Gasteiger partial charge in [0, 0.05) is 53.9 Å². The lowest BCUT2D eigenvalue weighted by atomic mass is 10.1. The van der Waals surface area contributed by atoms with Gasteiger partial charge in [-0.25, -0.2) is 0 Å². The highest BCUT2D eigenvalue weighted by Crippen LogP contribution is 2.30. The topological polar surface area (TPSA) is 68.1 Å². The Morgan fingerprint density at radius 1 is 1.32 bits per heavy atom. The van der Waals surface area contributed by atoms with Crippen LogP contribution in [0.15, 0.2) is 30.7 Å². The Hall–Kier alpha value is -2.23. The van der Waals surface area contributed by atoms with Crippen LogP contribution in [0.25, 0.3) is 0 Å². The summed E-state index contributed by atoms with van der Waals surface area (Å²) in [6.07, 6.45) is -0.537. The first-order chi connectivity index (χ1) is 11.8. The van der Waals surface area contributed by atoms with Crippen LogP contribution in [-0.2, 0) is 24.0 Å². The van der Waals surface area contributed by atoms with Crippen molar-refractivity contribution in [3.63, 3.8) is 0 Å². The van der Waals surface area contributed by atoms with Gasteiger partial charge in [0.1, 0.15) is 5.69 Å². The van der Waals surface area contributed by atoms with Crippen LogP contribution in [0.5, 0.6) is 0 Å². The summed E-state index contributed by atoms with van der Waals surface area (Å²) < 4.78 is 51.4. The van der Waals surface area contributed by atoms with E-state index in [4.69, 9.17) is 0 Å². The highest BCUT2D eigenvalue weighted by atomic mass is 32.2. The number of carbonyl (C=O) groups excluding carboxylic acids is 1. The van der Waals surface area contributed by atoms with E-state index < -0.39 is 34.5 Å². The van der Waals surface area contributed by atoms with Crippen LogP contribution in [0, 0.1) is 0 Å². The maximum absolute atomic E-state index is 12.7. The molecule has 0 aromatic carbocycles. The monoisotopic (exact) mass is 372 g/mol. The molecule has 134 valence electrons. The lowest BCUT2D eigenvalue weighted by Gasteiger charge is -2.34. The number of hydrogen-bond acceptors (Lipinski definition) is 4. The van der Waals surface area contributed by atoms with Crippen LogP contribution in [0.4, 0.5) is 13.2 Å². The SMILES string of the molecule is Cn1cc(C2CS(=O)CCN2C(=O)c2ccc(C(F)(F)F)cn2)cn1. The van der Waals surface area contributed by atoms with Gasteiger partial charge in [-0.3, -0.25) is 18.7 Å². The van der Waals surface area contributed by atoms with Crippen LogP contribution in [-0.4, -0.2) is 47.8 Å². The van der Waals surface area contributed by atoms with Crippen LogP contribution in [0.2, 0.25) is 0 Å². The van der Waals surface area contributed by atoms with Gasteiger partial charge in [-0.15, -0.1) is 0 Å². The molecule has 2 aromatic rings. The van der Waals surface area contributed by atoms with Gasteiger partial charge in [-0.2, -0.15) is 18.3 Å². The van der Waals surface area contributed by atoms with Gasteiger partial charge < -0.3 is 4.90 Å². The largest absolute Gasteiger partial charge is 0.417 e. The molecule has 3 rings (SSSR count). The molecule has 1 amide bonds. The second-order valence-corrected chi connectivity index (χ2v) is 7.32. The lowest BCUT2D eigenvalue weighted by Crippen LogP contribution is -2.44. The first-order valence-electron chi connectivity index (χ1n) is 7.43. The van der Waals surface area contributed by atoms with Crippen LogP contribution in [0.1, 0.15) is 27.7 Å². The summed E-state index contributed by atoms with van der Waals surface area (Å²) in [5.74, 6) is 0.0977. The number of pyridine rings is 1. The van der Waals surface area contributed by atoms with E-state index in [-0.39, 0.29) is 18.0 Å². The molecule has 0 saturated carbocycles.